The maximum Gasteiger partial charge on any atom is 0.231 e. The number of carbonyl (C=O) groups excluding carboxylic acids is 2. The minimum Gasteiger partial charge on any atom is -0.454 e. The van der Waals surface area contributed by atoms with Crippen molar-refractivity contribution in [3.8, 4) is 11.5 Å². The van der Waals surface area contributed by atoms with E-state index in [0.29, 0.717) is 25.4 Å². The Bertz CT molecular complexity index is 944. The van der Waals surface area contributed by atoms with E-state index < -0.39 is 0 Å². The Morgan fingerprint density at radius 1 is 1.10 bits per heavy atom. The van der Waals surface area contributed by atoms with Crippen molar-refractivity contribution in [2.75, 3.05) is 31.3 Å². The topological polar surface area (TPSA) is 59.1 Å². The van der Waals surface area contributed by atoms with E-state index in [-0.39, 0.29) is 18.7 Å². The van der Waals surface area contributed by atoms with Crippen LogP contribution < -0.4 is 14.4 Å². The lowest BCUT2D eigenvalue weighted by Gasteiger charge is -2.25. The lowest BCUT2D eigenvalue weighted by Crippen LogP contribution is -2.36. The highest BCUT2D eigenvalue weighted by atomic mass is 16.7. The molecule has 5 rings (SSSR count). The van der Waals surface area contributed by atoms with Gasteiger partial charge in [-0.15, -0.1) is 0 Å². The smallest absolute Gasteiger partial charge is 0.231 e. The van der Waals surface area contributed by atoms with Crippen LogP contribution >= 0.6 is 0 Å². The van der Waals surface area contributed by atoms with Gasteiger partial charge in [0.05, 0.1) is 13.0 Å². The molecule has 0 saturated carbocycles. The SMILES string of the molecule is O=CCN1CC(c2ccc3c(c2)OCO3)CC1CCN1C(=O)Cc2ccccc21. The third-order valence-electron chi connectivity index (χ3n) is 6.32. The molecule has 0 N–H and O–H groups in total. The van der Waals surface area contributed by atoms with Gasteiger partial charge in [-0.1, -0.05) is 24.3 Å². The minimum absolute atomic E-state index is 0.165. The zero-order chi connectivity index (χ0) is 19.8. The molecule has 3 aliphatic rings. The van der Waals surface area contributed by atoms with Crippen LogP contribution in [0.4, 0.5) is 5.69 Å². The number of hydrogen-bond donors (Lipinski definition) is 0. The molecule has 0 bridgehead atoms. The number of nitrogens with zero attached hydrogens (tertiary/aromatic N) is 2. The predicted molar refractivity (Wildman–Crippen MR) is 108 cm³/mol. The van der Waals surface area contributed by atoms with E-state index in [2.05, 4.69) is 17.0 Å². The maximum atomic E-state index is 12.5. The summed E-state index contributed by atoms with van der Waals surface area (Å²) in [4.78, 5) is 27.9. The highest BCUT2D eigenvalue weighted by molar-refractivity contribution is 6.01. The molecule has 1 amide bonds. The summed E-state index contributed by atoms with van der Waals surface area (Å²) in [6.45, 7) is 2.22. The van der Waals surface area contributed by atoms with Crippen molar-refractivity contribution in [2.45, 2.75) is 31.2 Å². The van der Waals surface area contributed by atoms with E-state index in [1.54, 1.807) is 0 Å². The molecule has 2 aromatic rings. The zero-order valence-corrected chi connectivity index (χ0v) is 16.3. The number of benzene rings is 2. The quantitative estimate of drug-likeness (QED) is 0.708. The Hall–Kier alpha value is -2.86. The summed E-state index contributed by atoms with van der Waals surface area (Å²) in [6.07, 6.45) is 3.29. The van der Waals surface area contributed by atoms with Crippen molar-refractivity contribution >= 4 is 17.9 Å². The van der Waals surface area contributed by atoms with Gasteiger partial charge in [0.15, 0.2) is 11.5 Å². The molecule has 6 nitrogen and oxygen atoms in total. The first-order valence-corrected chi connectivity index (χ1v) is 10.2. The van der Waals surface area contributed by atoms with Crippen molar-refractivity contribution in [2.24, 2.45) is 0 Å². The summed E-state index contributed by atoms with van der Waals surface area (Å²) in [5.74, 6) is 2.10. The number of rotatable bonds is 6. The van der Waals surface area contributed by atoms with Crippen molar-refractivity contribution in [1.29, 1.82) is 0 Å². The van der Waals surface area contributed by atoms with Crippen LogP contribution in [0.25, 0.3) is 0 Å². The van der Waals surface area contributed by atoms with Crippen LogP contribution in [0.15, 0.2) is 42.5 Å². The van der Waals surface area contributed by atoms with Gasteiger partial charge in [-0.3, -0.25) is 9.69 Å². The van der Waals surface area contributed by atoms with Crippen molar-refractivity contribution in [3.05, 3.63) is 53.6 Å². The summed E-state index contributed by atoms with van der Waals surface area (Å²) in [7, 11) is 0. The van der Waals surface area contributed by atoms with Gasteiger partial charge in [-0.25, -0.2) is 0 Å². The lowest BCUT2D eigenvalue weighted by atomic mass is 9.95. The molecule has 0 radical (unpaired) electrons. The van der Waals surface area contributed by atoms with Crippen molar-refractivity contribution in [3.63, 3.8) is 0 Å². The van der Waals surface area contributed by atoms with E-state index in [1.165, 1.54) is 5.56 Å². The molecule has 29 heavy (non-hydrogen) atoms. The molecule has 0 spiro atoms. The molecule has 1 fully saturated rings. The second-order valence-corrected chi connectivity index (χ2v) is 7.96. The number of amides is 1. The summed E-state index contributed by atoms with van der Waals surface area (Å²) in [5, 5.41) is 0. The number of aldehydes is 1. The number of ether oxygens (including phenoxy) is 2. The van der Waals surface area contributed by atoms with Gasteiger partial charge in [0.25, 0.3) is 0 Å². The molecule has 6 heteroatoms. The van der Waals surface area contributed by atoms with E-state index >= 15 is 0 Å². The standard InChI is InChI=1S/C23H24N2O4/c26-10-9-24-14-18(16-5-6-21-22(12-16)29-15-28-21)11-19(24)7-8-25-20-4-2-1-3-17(20)13-23(25)27/h1-6,10,12,18-19H,7-9,11,13-15H2. The molecule has 3 heterocycles. The van der Waals surface area contributed by atoms with Crippen molar-refractivity contribution in [1.82, 2.24) is 4.90 Å². The summed E-state index contributed by atoms with van der Waals surface area (Å²) >= 11 is 0. The van der Waals surface area contributed by atoms with Gasteiger partial charge in [-0.2, -0.15) is 0 Å². The van der Waals surface area contributed by atoms with Gasteiger partial charge in [0.2, 0.25) is 12.7 Å². The fourth-order valence-electron chi connectivity index (χ4n) is 4.85. The number of carbonyl (C=O) groups is 2. The fourth-order valence-corrected chi connectivity index (χ4v) is 4.85. The van der Waals surface area contributed by atoms with E-state index in [9.17, 15) is 9.59 Å². The molecule has 0 aromatic heterocycles. The van der Waals surface area contributed by atoms with Crippen LogP contribution in [-0.2, 0) is 16.0 Å². The molecule has 1 saturated heterocycles. The van der Waals surface area contributed by atoms with Crippen LogP contribution in [0.5, 0.6) is 11.5 Å². The molecule has 0 aliphatic carbocycles. The number of anilines is 1. The second kappa shape index (κ2) is 7.52. The second-order valence-electron chi connectivity index (χ2n) is 7.96. The average Bonchev–Trinajstić information content (AvgIpc) is 3.43. The first kappa shape index (κ1) is 18.2. The molecule has 150 valence electrons. The first-order valence-electron chi connectivity index (χ1n) is 10.2. The van der Waals surface area contributed by atoms with Gasteiger partial charge >= 0.3 is 0 Å². The van der Waals surface area contributed by atoms with Crippen LogP contribution in [0.3, 0.4) is 0 Å². The largest absolute Gasteiger partial charge is 0.454 e. The zero-order valence-electron chi connectivity index (χ0n) is 16.3. The highest BCUT2D eigenvalue weighted by Crippen LogP contribution is 2.39. The van der Waals surface area contributed by atoms with Gasteiger partial charge < -0.3 is 19.2 Å². The Balaban J connectivity index is 1.29. The summed E-state index contributed by atoms with van der Waals surface area (Å²) < 4.78 is 10.9. The third kappa shape index (κ3) is 3.38. The number of para-hydroxylation sites is 1. The van der Waals surface area contributed by atoms with Gasteiger partial charge in [0, 0.05) is 24.8 Å². The third-order valence-corrected chi connectivity index (χ3v) is 6.32. The van der Waals surface area contributed by atoms with E-state index in [4.69, 9.17) is 9.47 Å². The number of likely N-dealkylation sites (tertiary alicyclic amines) is 1. The predicted octanol–water partition coefficient (Wildman–Crippen LogP) is 2.75. The summed E-state index contributed by atoms with van der Waals surface area (Å²) in [5.41, 5.74) is 3.35. The maximum absolute atomic E-state index is 12.5. The Morgan fingerprint density at radius 3 is 2.86 bits per heavy atom. The normalized spacial score (nSPS) is 22.9. The molecule has 3 aliphatic heterocycles. The molecular formula is C23H24N2O4. The van der Waals surface area contributed by atoms with Crippen LogP contribution in [0.2, 0.25) is 0 Å². The van der Waals surface area contributed by atoms with Gasteiger partial charge in [0.1, 0.15) is 6.29 Å². The Kier molecular flexibility index (Phi) is 4.72. The highest BCUT2D eigenvalue weighted by Gasteiger charge is 2.35. The minimum atomic E-state index is 0.165. The fraction of sp³-hybridized carbons (Fsp3) is 0.391. The summed E-state index contributed by atoms with van der Waals surface area (Å²) in [6, 6.07) is 14.4. The van der Waals surface area contributed by atoms with Crippen LogP contribution in [0.1, 0.15) is 29.9 Å². The lowest BCUT2D eigenvalue weighted by molar-refractivity contribution is -0.117. The molecule has 2 atom stereocenters. The van der Waals surface area contributed by atoms with Crippen molar-refractivity contribution < 1.29 is 19.1 Å². The van der Waals surface area contributed by atoms with Crippen LogP contribution in [-0.4, -0.2) is 49.6 Å². The molecular weight excluding hydrogens is 368 g/mol. The Labute approximate surface area is 170 Å². The molecule has 2 aromatic carbocycles. The molecule has 2 unspecified atom stereocenters. The van der Waals surface area contributed by atoms with Crippen LogP contribution in [0, 0.1) is 0 Å². The number of fused-ring (bicyclic) bond motifs is 2. The van der Waals surface area contributed by atoms with Gasteiger partial charge in [-0.05, 0) is 48.1 Å². The van der Waals surface area contributed by atoms with E-state index in [1.807, 2.05) is 35.2 Å². The average molecular weight is 392 g/mol. The monoisotopic (exact) mass is 392 g/mol. The number of hydrogen-bond acceptors (Lipinski definition) is 5. The van der Waals surface area contributed by atoms with E-state index in [0.717, 1.165) is 48.4 Å². The first-order chi connectivity index (χ1) is 14.2. The Morgan fingerprint density at radius 2 is 1.97 bits per heavy atom.